The number of nitrogens with one attached hydrogen (secondary N) is 1. The maximum Gasteiger partial charge on any atom is 0.0998 e. The molecule has 0 radical (unpaired) electrons. The van der Waals surface area contributed by atoms with Crippen molar-refractivity contribution in [1.29, 1.82) is 0 Å². The lowest BCUT2D eigenvalue weighted by molar-refractivity contribution is 0.527. The number of rotatable bonds is 5. The van der Waals surface area contributed by atoms with Gasteiger partial charge in [-0.05, 0) is 25.0 Å². The Morgan fingerprint density at radius 3 is 2.89 bits per heavy atom. The smallest absolute Gasteiger partial charge is 0.0998 e. The van der Waals surface area contributed by atoms with Gasteiger partial charge in [-0.15, -0.1) is 11.3 Å². The van der Waals surface area contributed by atoms with Gasteiger partial charge < -0.3 is 5.32 Å². The van der Waals surface area contributed by atoms with Crippen LogP contribution in [0, 0.1) is 0 Å². The van der Waals surface area contributed by atoms with Gasteiger partial charge in [-0.1, -0.05) is 18.9 Å². The highest BCUT2D eigenvalue weighted by Gasteiger charge is 2.13. The van der Waals surface area contributed by atoms with Gasteiger partial charge in [0, 0.05) is 30.6 Å². The molecule has 0 bridgehead atoms. The molecule has 1 saturated carbocycles. The zero-order valence-electron chi connectivity index (χ0n) is 11.0. The fourth-order valence-corrected chi connectivity index (χ4v) is 3.36. The average Bonchev–Trinajstić information content (AvgIpc) is 3.11. The van der Waals surface area contributed by atoms with E-state index in [1.54, 1.807) is 11.3 Å². The summed E-state index contributed by atoms with van der Waals surface area (Å²) in [6, 6.07) is 6.69. The molecule has 1 aliphatic rings. The van der Waals surface area contributed by atoms with Crippen LogP contribution in [0.1, 0.15) is 30.7 Å². The van der Waals surface area contributed by atoms with Crippen molar-refractivity contribution >= 4 is 11.3 Å². The minimum absolute atomic E-state index is 0.746. The summed E-state index contributed by atoms with van der Waals surface area (Å²) in [6.07, 6.45) is 8.30. The molecule has 1 fully saturated rings. The van der Waals surface area contributed by atoms with Crippen LogP contribution in [0.4, 0.5) is 0 Å². The van der Waals surface area contributed by atoms with E-state index in [1.165, 1.54) is 30.7 Å². The Morgan fingerprint density at radius 1 is 1.21 bits per heavy atom. The Balaban J connectivity index is 1.53. The summed E-state index contributed by atoms with van der Waals surface area (Å²) in [4.78, 5) is 8.99. The van der Waals surface area contributed by atoms with E-state index in [0.717, 1.165) is 30.4 Å². The lowest BCUT2D eigenvalue weighted by Crippen LogP contribution is -2.27. The first-order valence-electron chi connectivity index (χ1n) is 7.01. The molecule has 2 heterocycles. The molecule has 2 aromatic heterocycles. The average molecular weight is 273 g/mol. The van der Waals surface area contributed by atoms with Crippen LogP contribution >= 0.6 is 11.3 Å². The Morgan fingerprint density at radius 2 is 2.11 bits per heavy atom. The Bertz CT molecular complexity index is 503. The Hall–Kier alpha value is -1.26. The van der Waals surface area contributed by atoms with Crippen molar-refractivity contribution in [3.8, 4) is 11.4 Å². The predicted molar refractivity (Wildman–Crippen MR) is 79.3 cm³/mol. The van der Waals surface area contributed by atoms with Crippen LogP contribution in [0.5, 0.6) is 0 Å². The van der Waals surface area contributed by atoms with Gasteiger partial charge in [0.15, 0.2) is 0 Å². The molecule has 0 amide bonds. The molecule has 100 valence electrons. The second kappa shape index (κ2) is 6.26. The normalized spacial score (nSPS) is 16.0. The van der Waals surface area contributed by atoms with E-state index in [1.807, 2.05) is 24.4 Å². The first kappa shape index (κ1) is 12.8. The standard InChI is InChI=1S/C15H19N3S/c1-2-6-12(5-1)16-10-8-15-18-14(11-19-15)13-7-3-4-9-17-13/h3-4,7,9,11-12,16H,1-2,5-6,8,10H2. The van der Waals surface area contributed by atoms with Crippen LogP contribution in [0.25, 0.3) is 11.4 Å². The second-order valence-corrected chi connectivity index (χ2v) is 5.97. The summed E-state index contributed by atoms with van der Waals surface area (Å²) in [5, 5.41) is 6.93. The molecule has 0 saturated heterocycles. The van der Waals surface area contributed by atoms with Gasteiger partial charge in [-0.2, -0.15) is 0 Å². The van der Waals surface area contributed by atoms with Gasteiger partial charge in [-0.25, -0.2) is 4.98 Å². The van der Waals surface area contributed by atoms with Crippen LogP contribution in [-0.4, -0.2) is 22.6 Å². The lowest BCUT2D eigenvalue weighted by atomic mass is 10.2. The highest BCUT2D eigenvalue weighted by molar-refractivity contribution is 7.09. The number of hydrogen-bond donors (Lipinski definition) is 1. The molecule has 3 rings (SSSR count). The molecular weight excluding hydrogens is 254 g/mol. The van der Waals surface area contributed by atoms with Crippen LogP contribution in [0.2, 0.25) is 0 Å². The summed E-state index contributed by atoms with van der Waals surface area (Å²) in [7, 11) is 0. The van der Waals surface area contributed by atoms with E-state index < -0.39 is 0 Å². The highest BCUT2D eigenvalue weighted by atomic mass is 32.1. The van der Waals surface area contributed by atoms with Crippen molar-refractivity contribution in [3.63, 3.8) is 0 Å². The fraction of sp³-hybridized carbons (Fsp3) is 0.467. The summed E-state index contributed by atoms with van der Waals surface area (Å²) in [5.41, 5.74) is 1.97. The number of pyridine rings is 1. The zero-order chi connectivity index (χ0) is 12.9. The number of nitrogens with zero attached hydrogens (tertiary/aromatic N) is 2. The Kier molecular flexibility index (Phi) is 4.20. The van der Waals surface area contributed by atoms with E-state index in [9.17, 15) is 0 Å². The van der Waals surface area contributed by atoms with E-state index in [0.29, 0.717) is 0 Å². The van der Waals surface area contributed by atoms with Crippen molar-refractivity contribution in [2.45, 2.75) is 38.1 Å². The minimum Gasteiger partial charge on any atom is -0.314 e. The third-order valence-electron chi connectivity index (χ3n) is 3.61. The van der Waals surface area contributed by atoms with Crippen LogP contribution in [0.3, 0.4) is 0 Å². The molecule has 0 atom stereocenters. The first-order chi connectivity index (χ1) is 9.42. The van der Waals surface area contributed by atoms with Crippen LogP contribution < -0.4 is 5.32 Å². The number of hydrogen-bond acceptors (Lipinski definition) is 4. The monoisotopic (exact) mass is 273 g/mol. The largest absolute Gasteiger partial charge is 0.314 e. The molecule has 2 aromatic rings. The minimum atomic E-state index is 0.746. The van der Waals surface area contributed by atoms with Crippen molar-refractivity contribution in [2.75, 3.05) is 6.54 Å². The van der Waals surface area contributed by atoms with Gasteiger partial charge in [0.1, 0.15) is 0 Å². The van der Waals surface area contributed by atoms with E-state index in [2.05, 4.69) is 20.7 Å². The summed E-state index contributed by atoms with van der Waals surface area (Å²) >= 11 is 1.74. The molecule has 0 aromatic carbocycles. The number of aromatic nitrogens is 2. The predicted octanol–water partition coefficient (Wildman–Crippen LogP) is 3.28. The first-order valence-corrected chi connectivity index (χ1v) is 7.89. The maximum absolute atomic E-state index is 4.66. The third kappa shape index (κ3) is 3.39. The SMILES string of the molecule is c1ccc(-c2csc(CCNC3CCCC3)n2)nc1. The second-order valence-electron chi connectivity index (χ2n) is 5.03. The van der Waals surface area contributed by atoms with Crippen LogP contribution in [0.15, 0.2) is 29.8 Å². The van der Waals surface area contributed by atoms with Gasteiger partial charge in [0.2, 0.25) is 0 Å². The van der Waals surface area contributed by atoms with Crippen molar-refractivity contribution in [2.24, 2.45) is 0 Å². The van der Waals surface area contributed by atoms with Crippen molar-refractivity contribution < 1.29 is 0 Å². The molecule has 1 N–H and O–H groups in total. The molecule has 4 heteroatoms. The van der Waals surface area contributed by atoms with Crippen molar-refractivity contribution in [3.05, 3.63) is 34.8 Å². The Labute approximate surface area is 118 Å². The van der Waals surface area contributed by atoms with Crippen LogP contribution in [-0.2, 0) is 6.42 Å². The summed E-state index contributed by atoms with van der Waals surface area (Å²) in [6.45, 7) is 1.04. The highest BCUT2D eigenvalue weighted by Crippen LogP contribution is 2.20. The topological polar surface area (TPSA) is 37.8 Å². The maximum atomic E-state index is 4.66. The van der Waals surface area contributed by atoms with Crippen molar-refractivity contribution in [1.82, 2.24) is 15.3 Å². The van der Waals surface area contributed by atoms with Gasteiger partial charge in [0.25, 0.3) is 0 Å². The third-order valence-corrected chi connectivity index (χ3v) is 4.51. The molecule has 0 unspecified atom stereocenters. The fourth-order valence-electron chi connectivity index (χ4n) is 2.57. The molecule has 0 aliphatic heterocycles. The van der Waals surface area contributed by atoms with Gasteiger partial charge in [0.05, 0.1) is 16.4 Å². The van der Waals surface area contributed by atoms with Gasteiger partial charge in [-0.3, -0.25) is 4.98 Å². The molecule has 0 spiro atoms. The molecule has 19 heavy (non-hydrogen) atoms. The van der Waals surface area contributed by atoms with E-state index >= 15 is 0 Å². The summed E-state index contributed by atoms with van der Waals surface area (Å²) in [5.74, 6) is 0. The zero-order valence-corrected chi connectivity index (χ0v) is 11.8. The summed E-state index contributed by atoms with van der Waals surface area (Å²) < 4.78 is 0. The molecule has 1 aliphatic carbocycles. The quantitative estimate of drug-likeness (QED) is 0.908. The van der Waals surface area contributed by atoms with Gasteiger partial charge >= 0.3 is 0 Å². The van der Waals surface area contributed by atoms with E-state index in [-0.39, 0.29) is 0 Å². The number of thiazole rings is 1. The molecule has 3 nitrogen and oxygen atoms in total. The lowest BCUT2D eigenvalue weighted by Gasteiger charge is -2.10. The van der Waals surface area contributed by atoms with E-state index in [4.69, 9.17) is 0 Å². The molecular formula is C15H19N3S.